The number of carbonyl (C=O) groups excluding carboxylic acids is 1. The van der Waals surface area contributed by atoms with Crippen molar-refractivity contribution in [2.45, 2.75) is 64.8 Å². The smallest absolute Gasteiger partial charge is 0.327 e. The van der Waals surface area contributed by atoms with E-state index in [1.165, 1.54) is 4.90 Å². The van der Waals surface area contributed by atoms with Crippen molar-refractivity contribution in [1.29, 1.82) is 0 Å². The van der Waals surface area contributed by atoms with Gasteiger partial charge in [-0.3, -0.25) is 4.90 Å². The highest BCUT2D eigenvalue weighted by Crippen LogP contribution is 2.40. The van der Waals surface area contributed by atoms with Crippen LogP contribution in [0.25, 0.3) is 0 Å². The molecule has 1 fully saturated rings. The molecular formula is C17H26N2O2. The van der Waals surface area contributed by atoms with Crippen molar-refractivity contribution in [2.75, 3.05) is 4.90 Å². The van der Waals surface area contributed by atoms with Crippen LogP contribution in [-0.4, -0.2) is 33.3 Å². The molecule has 1 saturated heterocycles. The monoisotopic (exact) mass is 290 g/mol. The number of aliphatic hydroxyl groups is 1. The van der Waals surface area contributed by atoms with Crippen LogP contribution < -0.4 is 4.90 Å². The predicted molar refractivity (Wildman–Crippen MR) is 85.2 cm³/mol. The van der Waals surface area contributed by atoms with Crippen molar-refractivity contribution in [1.82, 2.24) is 4.90 Å². The third-order valence-electron chi connectivity index (χ3n) is 4.34. The number of nitrogens with zero attached hydrogens (tertiary/aromatic N) is 2. The van der Waals surface area contributed by atoms with Gasteiger partial charge in [0.2, 0.25) is 0 Å². The van der Waals surface area contributed by atoms with Crippen LogP contribution in [0.5, 0.6) is 0 Å². The van der Waals surface area contributed by atoms with E-state index >= 15 is 0 Å². The first-order valence-electron chi connectivity index (χ1n) is 7.61. The molecule has 21 heavy (non-hydrogen) atoms. The number of hydrogen-bond donors (Lipinski definition) is 1. The van der Waals surface area contributed by atoms with E-state index in [0.717, 1.165) is 12.1 Å². The Hall–Kier alpha value is -1.55. The molecule has 2 atom stereocenters. The van der Waals surface area contributed by atoms with Crippen molar-refractivity contribution in [3.05, 3.63) is 30.3 Å². The van der Waals surface area contributed by atoms with Gasteiger partial charge in [-0.05, 0) is 46.2 Å². The molecule has 4 heteroatoms. The Morgan fingerprint density at radius 1 is 1.24 bits per heavy atom. The maximum absolute atomic E-state index is 13.0. The minimum atomic E-state index is -1.19. The Morgan fingerprint density at radius 2 is 1.81 bits per heavy atom. The third kappa shape index (κ3) is 2.77. The highest BCUT2D eigenvalue weighted by molar-refractivity contribution is 5.94. The molecular weight excluding hydrogens is 264 g/mol. The van der Waals surface area contributed by atoms with Gasteiger partial charge >= 0.3 is 6.03 Å². The fraction of sp³-hybridized carbons (Fsp3) is 0.588. The molecule has 0 radical (unpaired) electrons. The highest BCUT2D eigenvalue weighted by Gasteiger charge is 2.51. The average molecular weight is 290 g/mol. The molecule has 1 aliphatic heterocycles. The zero-order chi connectivity index (χ0) is 15.8. The van der Waals surface area contributed by atoms with Gasteiger partial charge in [0.15, 0.2) is 0 Å². The molecule has 1 N–H and O–H groups in total. The zero-order valence-electron chi connectivity index (χ0n) is 13.6. The van der Waals surface area contributed by atoms with E-state index in [9.17, 15) is 9.90 Å². The van der Waals surface area contributed by atoms with Gasteiger partial charge < -0.3 is 10.0 Å². The van der Waals surface area contributed by atoms with Crippen LogP contribution in [0.3, 0.4) is 0 Å². The number of hydrogen-bond acceptors (Lipinski definition) is 2. The molecule has 1 aliphatic rings. The molecule has 2 rings (SSSR count). The second-order valence-corrected chi connectivity index (χ2v) is 6.79. The molecule has 0 spiro atoms. The van der Waals surface area contributed by atoms with Crippen molar-refractivity contribution in [3.8, 4) is 0 Å². The van der Waals surface area contributed by atoms with Gasteiger partial charge in [-0.2, -0.15) is 0 Å². The third-order valence-corrected chi connectivity index (χ3v) is 4.34. The summed E-state index contributed by atoms with van der Waals surface area (Å²) in [5, 5.41) is 10.8. The molecule has 0 bridgehead atoms. The second kappa shape index (κ2) is 5.34. The number of anilines is 1. The van der Waals surface area contributed by atoms with Gasteiger partial charge in [0, 0.05) is 23.7 Å². The fourth-order valence-electron chi connectivity index (χ4n) is 3.49. The zero-order valence-corrected chi connectivity index (χ0v) is 13.6. The lowest BCUT2D eigenvalue weighted by Crippen LogP contribution is -2.69. The van der Waals surface area contributed by atoms with E-state index in [1.54, 1.807) is 6.92 Å². The van der Waals surface area contributed by atoms with Gasteiger partial charge in [0.1, 0.15) is 5.72 Å². The standard InChI is InChI=1S/C17H26N2O2/c1-6-13(2)18-15(20)19(14-10-8-7-9-11-14)17(5,21)12-16(18,3)4/h7-11,13,21H,6,12H2,1-5H3/t13-,17-/m0/s1. The minimum absolute atomic E-state index is 0.128. The molecule has 0 aliphatic carbocycles. The number of urea groups is 1. The topological polar surface area (TPSA) is 43.8 Å². The number of carbonyl (C=O) groups is 1. The molecule has 0 saturated carbocycles. The van der Waals surface area contributed by atoms with Crippen molar-refractivity contribution >= 4 is 11.7 Å². The van der Waals surface area contributed by atoms with E-state index in [1.807, 2.05) is 49.1 Å². The molecule has 4 nitrogen and oxygen atoms in total. The molecule has 0 unspecified atom stereocenters. The average Bonchev–Trinajstić information content (AvgIpc) is 2.36. The summed E-state index contributed by atoms with van der Waals surface area (Å²) in [6.45, 7) is 9.89. The summed E-state index contributed by atoms with van der Waals surface area (Å²) < 4.78 is 0. The number of benzene rings is 1. The molecule has 0 aromatic heterocycles. The van der Waals surface area contributed by atoms with Crippen LogP contribution in [0.15, 0.2) is 30.3 Å². The van der Waals surface area contributed by atoms with E-state index in [2.05, 4.69) is 13.8 Å². The van der Waals surface area contributed by atoms with E-state index in [4.69, 9.17) is 0 Å². The lowest BCUT2D eigenvalue weighted by molar-refractivity contribution is -0.0358. The Balaban J connectivity index is 2.48. The minimum Gasteiger partial charge on any atom is -0.371 e. The van der Waals surface area contributed by atoms with E-state index in [-0.39, 0.29) is 17.6 Å². The van der Waals surface area contributed by atoms with Gasteiger partial charge in [-0.25, -0.2) is 4.79 Å². The molecule has 1 heterocycles. The first kappa shape index (κ1) is 15.8. The summed E-state index contributed by atoms with van der Waals surface area (Å²) >= 11 is 0. The first-order chi connectivity index (χ1) is 9.70. The Morgan fingerprint density at radius 3 is 2.33 bits per heavy atom. The van der Waals surface area contributed by atoms with Crippen LogP contribution in [0.1, 0.15) is 47.5 Å². The molecule has 2 amide bonds. The predicted octanol–water partition coefficient (Wildman–Crippen LogP) is 3.60. The lowest BCUT2D eigenvalue weighted by Gasteiger charge is -2.55. The van der Waals surface area contributed by atoms with Gasteiger partial charge in [-0.15, -0.1) is 0 Å². The van der Waals surface area contributed by atoms with Crippen molar-refractivity contribution in [2.24, 2.45) is 0 Å². The Bertz CT molecular complexity index is 511. The van der Waals surface area contributed by atoms with Crippen LogP contribution >= 0.6 is 0 Å². The Labute approximate surface area is 127 Å². The lowest BCUT2D eigenvalue weighted by atomic mass is 9.86. The van der Waals surface area contributed by atoms with E-state index in [0.29, 0.717) is 6.42 Å². The quantitative estimate of drug-likeness (QED) is 0.924. The summed E-state index contributed by atoms with van der Waals surface area (Å²) in [6, 6.07) is 9.40. The van der Waals surface area contributed by atoms with Crippen LogP contribution in [0.4, 0.5) is 10.5 Å². The summed E-state index contributed by atoms with van der Waals surface area (Å²) in [5.41, 5.74) is -0.830. The summed E-state index contributed by atoms with van der Waals surface area (Å²) in [6.07, 6.45) is 1.39. The Kier molecular flexibility index (Phi) is 4.02. The summed E-state index contributed by atoms with van der Waals surface area (Å²) in [5.74, 6) is 0. The molecule has 1 aromatic rings. The van der Waals surface area contributed by atoms with Crippen LogP contribution in [0.2, 0.25) is 0 Å². The largest absolute Gasteiger partial charge is 0.371 e. The number of rotatable bonds is 3. The first-order valence-corrected chi connectivity index (χ1v) is 7.61. The van der Waals surface area contributed by atoms with Gasteiger partial charge in [-0.1, -0.05) is 25.1 Å². The highest BCUT2D eigenvalue weighted by atomic mass is 16.3. The normalized spacial score (nSPS) is 26.9. The SMILES string of the molecule is CC[C@H](C)N1C(=O)N(c2ccccc2)[C@@](C)(O)CC1(C)C. The fourth-order valence-corrected chi connectivity index (χ4v) is 3.49. The van der Waals surface area contributed by atoms with Crippen molar-refractivity contribution < 1.29 is 9.90 Å². The summed E-state index contributed by atoms with van der Waals surface area (Å²) in [7, 11) is 0. The van der Waals surface area contributed by atoms with Crippen LogP contribution in [-0.2, 0) is 0 Å². The maximum atomic E-state index is 13.0. The number of para-hydroxylation sites is 1. The molecule has 1 aromatic carbocycles. The van der Waals surface area contributed by atoms with Crippen molar-refractivity contribution in [3.63, 3.8) is 0 Å². The van der Waals surface area contributed by atoms with Gasteiger partial charge in [0.25, 0.3) is 0 Å². The second-order valence-electron chi connectivity index (χ2n) is 6.79. The van der Waals surface area contributed by atoms with E-state index < -0.39 is 5.72 Å². The maximum Gasteiger partial charge on any atom is 0.327 e. The molecule has 116 valence electrons. The number of amides is 2. The van der Waals surface area contributed by atoms with Gasteiger partial charge in [0.05, 0.1) is 0 Å². The summed E-state index contributed by atoms with van der Waals surface area (Å²) in [4.78, 5) is 16.5. The van der Waals surface area contributed by atoms with Crippen LogP contribution in [0, 0.1) is 0 Å².